The summed E-state index contributed by atoms with van der Waals surface area (Å²) >= 11 is 6.20. The van der Waals surface area contributed by atoms with E-state index in [-0.39, 0.29) is 27.5 Å². The molecular formula is C21H17ClF3N3O3. The highest BCUT2D eigenvalue weighted by Gasteiger charge is 2.36. The van der Waals surface area contributed by atoms with E-state index < -0.39 is 29.7 Å². The summed E-state index contributed by atoms with van der Waals surface area (Å²) in [6, 6.07) is 10.1. The van der Waals surface area contributed by atoms with Gasteiger partial charge in [0, 0.05) is 12.6 Å². The summed E-state index contributed by atoms with van der Waals surface area (Å²) in [5.74, 6) is -1.79. The Hall–Kier alpha value is -3.33. The third-order valence-corrected chi connectivity index (χ3v) is 5.13. The second-order valence-electron chi connectivity index (χ2n) is 6.80. The van der Waals surface area contributed by atoms with Gasteiger partial charge in [0.2, 0.25) is 0 Å². The maximum atomic E-state index is 13.5. The topological polar surface area (TPSA) is 84.2 Å². The van der Waals surface area contributed by atoms with Crippen LogP contribution >= 0.6 is 11.6 Å². The monoisotopic (exact) mass is 451 g/mol. The third kappa shape index (κ3) is 4.56. The van der Waals surface area contributed by atoms with Gasteiger partial charge in [-0.3, -0.25) is 9.48 Å². The molecule has 3 rings (SSSR count). The SMILES string of the molecule is CC(NC(=O)c1c(-c2ccccc2C(F)(F)F)nn(C)c1Cl)c1ccc(C(=O)O)cc1. The fourth-order valence-corrected chi connectivity index (χ4v) is 3.31. The molecule has 1 heterocycles. The molecule has 2 N–H and O–H groups in total. The van der Waals surface area contributed by atoms with E-state index in [0.29, 0.717) is 5.56 Å². The number of hydrogen-bond donors (Lipinski definition) is 2. The molecule has 162 valence electrons. The number of nitrogens with one attached hydrogen (secondary N) is 1. The normalized spacial score (nSPS) is 12.5. The lowest BCUT2D eigenvalue weighted by atomic mass is 10.0. The summed E-state index contributed by atoms with van der Waals surface area (Å²) < 4.78 is 41.6. The molecule has 0 saturated carbocycles. The van der Waals surface area contributed by atoms with Gasteiger partial charge in [-0.25, -0.2) is 4.79 Å². The zero-order chi connectivity index (χ0) is 22.9. The van der Waals surface area contributed by atoms with Gasteiger partial charge in [0.25, 0.3) is 5.91 Å². The number of alkyl halides is 3. The number of carbonyl (C=O) groups is 2. The van der Waals surface area contributed by atoms with Crippen molar-refractivity contribution in [3.63, 3.8) is 0 Å². The number of benzene rings is 2. The van der Waals surface area contributed by atoms with Crippen molar-refractivity contribution >= 4 is 23.5 Å². The van der Waals surface area contributed by atoms with Gasteiger partial charge in [-0.05, 0) is 30.7 Å². The molecule has 1 atom stereocenters. The molecule has 0 radical (unpaired) electrons. The maximum absolute atomic E-state index is 13.5. The smallest absolute Gasteiger partial charge is 0.417 e. The van der Waals surface area contributed by atoms with E-state index in [1.165, 1.54) is 37.4 Å². The number of hydrogen-bond acceptors (Lipinski definition) is 3. The lowest BCUT2D eigenvalue weighted by Gasteiger charge is -2.16. The predicted octanol–water partition coefficient (Wildman–Crippen LogP) is 4.95. The Morgan fingerprint density at radius 1 is 1.13 bits per heavy atom. The number of rotatable bonds is 5. The minimum atomic E-state index is -4.65. The molecule has 3 aromatic rings. The fourth-order valence-electron chi connectivity index (χ4n) is 3.10. The van der Waals surface area contributed by atoms with E-state index in [1.807, 2.05) is 0 Å². The van der Waals surface area contributed by atoms with Crippen molar-refractivity contribution in [2.75, 3.05) is 0 Å². The second-order valence-corrected chi connectivity index (χ2v) is 7.16. The van der Waals surface area contributed by atoms with Crippen LogP contribution in [0, 0.1) is 0 Å². The Balaban J connectivity index is 1.97. The van der Waals surface area contributed by atoms with Crippen molar-refractivity contribution < 1.29 is 27.9 Å². The van der Waals surface area contributed by atoms with Gasteiger partial charge in [0.05, 0.1) is 17.2 Å². The molecule has 2 aromatic carbocycles. The van der Waals surface area contributed by atoms with Gasteiger partial charge >= 0.3 is 12.1 Å². The first-order valence-corrected chi connectivity index (χ1v) is 9.41. The highest BCUT2D eigenvalue weighted by Crippen LogP contribution is 2.39. The second kappa shape index (κ2) is 8.43. The number of carboxylic acids is 1. The third-order valence-electron chi connectivity index (χ3n) is 4.70. The number of carboxylic acid groups (broad SMARTS) is 1. The van der Waals surface area contributed by atoms with Crippen molar-refractivity contribution in [3.8, 4) is 11.3 Å². The molecule has 0 aliphatic heterocycles. The van der Waals surface area contributed by atoms with Crippen LogP contribution in [0.4, 0.5) is 13.2 Å². The molecule has 1 unspecified atom stereocenters. The van der Waals surface area contributed by atoms with Crippen molar-refractivity contribution in [2.24, 2.45) is 7.05 Å². The Morgan fingerprint density at radius 3 is 2.32 bits per heavy atom. The molecule has 1 amide bonds. The van der Waals surface area contributed by atoms with Crippen molar-refractivity contribution in [2.45, 2.75) is 19.1 Å². The van der Waals surface area contributed by atoms with E-state index in [0.717, 1.165) is 10.7 Å². The standard InChI is InChI=1S/C21H17ClF3N3O3/c1-11(12-7-9-13(10-8-12)20(30)31)26-19(29)16-17(27-28(2)18(16)22)14-5-3-4-6-15(14)21(23,24)25/h3-11H,1-2H3,(H,26,29)(H,30,31). The highest BCUT2D eigenvalue weighted by molar-refractivity contribution is 6.33. The van der Waals surface area contributed by atoms with Gasteiger partial charge in [0.15, 0.2) is 0 Å². The lowest BCUT2D eigenvalue weighted by molar-refractivity contribution is -0.137. The van der Waals surface area contributed by atoms with Gasteiger partial charge < -0.3 is 10.4 Å². The first-order chi connectivity index (χ1) is 14.5. The number of halogens is 4. The van der Waals surface area contributed by atoms with Gasteiger partial charge in [-0.2, -0.15) is 18.3 Å². The van der Waals surface area contributed by atoms with E-state index in [4.69, 9.17) is 16.7 Å². The Kier molecular flexibility index (Phi) is 6.08. The van der Waals surface area contributed by atoms with Crippen LogP contribution in [-0.4, -0.2) is 26.8 Å². The first-order valence-electron chi connectivity index (χ1n) is 9.04. The molecule has 10 heteroatoms. The first kappa shape index (κ1) is 22.4. The summed E-state index contributed by atoms with van der Waals surface area (Å²) in [5, 5.41) is 15.6. The summed E-state index contributed by atoms with van der Waals surface area (Å²) in [4.78, 5) is 23.9. The van der Waals surface area contributed by atoms with Crippen molar-refractivity contribution in [3.05, 3.63) is 75.9 Å². The van der Waals surface area contributed by atoms with Crippen LogP contribution in [0.15, 0.2) is 48.5 Å². The molecule has 1 aromatic heterocycles. The summed E-state index contributed by atoms with van der Waals surface area (Å²) in [7, 11) is 1.42. The highest BCUT2D eigenvalue weighted by atomic mass is 35.5. The number of carbonyl (C=O) groups excluding carboxylic acids is 1. The average Bonchev–Trinajstić information content (AvgIpc) is 3.02. The van der Waals surface area contributed by atoms with E-state index >= 15 is 0 Å². The number of nitrogens with zero attached hydrogens (tertiary/aromatic N) is 2. The largest absolute Gasteiger partial charge is 0.478 e. The maximum Gasteiger partial charge on any atom is 0.417 e. The number of amides is 1. The molecule has 6 nitrogen and oxygen atoms in total. The summed E-state index contributed by atoms with van der Waals surface area (Å²) in [6.45, 7) is 1.65. The Bertz CT molecular complexity index is 1140. The van der Waals surface area contributed by atoms with Crippen LogP contribution in [0.2, 0.25) is 5.15 Å². The molecule has 0 bridgehead atoms. The van der Waals surface area contributed by atoms with E-state index in [2.05, 4.69) is 10.4 Å². The summed E-state index contributed by atoms with van der Waals surface area (Å²) in [6.07, 6.45) is -4.65. The molecular weight excluding hydrogens is 435 g/mol. The fraction of sp³-hybridized carbons (Fsp3) is 0.190. The summed E-state index contributed by atoms with van der Waals surface area (Å²) in [5.41, 5.74) is -0.877. The Labute approximate surface area is 180 Å². The molecule has 0 aliphatic rings. The molecule has 0 aliphatic carbocycles. The Morgan fingerprint density at radius 2 is 1.74 bits per heavy atom. The van der Waals surface area contributed by atoms with Crippen LogP contribution in [0.3, 0.4) is 0 Å². The average molecular weight is 452 g/mol. The molecule has 0 fully saturated rings. The number of aryl methyl sites for hydroxylation is 1. The van der Waals surface area contributed by atoms with Crippen LogP contribution in [0.25, 0.3) is 11.3 Å². The molecule has 31 heavy (non-hydrogen) atoms. The minimum absolute atomic E-state index is 0.0867. The number of aromatic carboxylic acids is 1. The van der Waals surface area contributed by atoms with E-state index in [9.17, 15) is 22.8 Å². The van der Waals surface area contributed by atoms with Gasteiger partial charge in [0.1, 0.15) is 16.4 Å². The van der Waals surface area contributed by atoms with E-state index in [1.54, 1.807) is 19.1 Å². The van der Waals surface area contributed by atoms with Gasteiger partial charge in [-0.1, -0.05) is 41.9 Å². The van der Waals surface area contributed by atoms with Crippen LogP contribution in [0.5, 0.6) is 0 Å². The molecule has 0 spiro atoms. The number of aromatic nitrogens is 2. The van der Waals surface area contributed by atoms with Gasteiger partial charge in [-0.15, -0.1) is 0 Å². The van der Waals surface area contributed by atoms with Crippen molar-refractivity contribution in [1.29, 1.82) is 0 Å². The quantitative estimate of drug-likeness (QED) is 0.575. The molecule has 0 saturated heterocycles. The van der Waals surface area contributed by atoms with Crippen LogP contribution in [-0.2, 0) is 13.2 Å². The zero-order valence-electron chi connectivity index (χ0n) is 16.4. The van der Waals surface area contributed by atoms with Crippen LogP contribution < -0.4 is 5.32 Å². The minimum Gasteiger partial charge on any atom is -0.478 e. The van der Waals surface area contributed by atoms with Crippen LogP contribution in [0.1, 0.15) is 44.8 Å². The lowest BCUT2D eigenvalue weighted by Crippen LogP contribution is -2.27. The predicted molar refractivity (Wildman–Crippen MR) is 108 cm³/mol. The zero-order valence-corrected chi connectivity index (χ0v) is 17.1. The van der Waals surface area contributed by atoms with Crippen molar-refractivity contribution in [1.82, 2.24) is 15.1 Å².